The summed E-state index contributed by atoms with van der Waals surface area (Å²) in [7, 11) is 1.66. The van der Waals surface area contributed by atoms with Crippen LogP contribution in [0.1, 0.15) is 29.7 Å². The zero-order chi connectivity index (χ0) is 15.7. The second-order valence-electron chi connectivity index (χ2n) is 4.74. The number of aromatic nitrogens is 2. The highest BCUT2D eigenvalue weighted by atomic mass is 32.1. The molecule has 0 aliphatic rings. The topological polar surface area (TPSA) is 82.3 Å². The van der Waals surface area contributed by atoms with Gasteiger partial charge in [-0.25, -0.2) is 0 Å². The monoisotopic (exact) mass is 312 g/mol. The van der Waals surface area contributed by atoms with E-state index in [1.165, 1.54) is 0 Å². The highest BCUT2D eigenvalue weighted by molar-refractivity contribution is 7.80. The van der Waals surface area contributed by atoms with Crippen LogP contribution in [0.15, 0.2) is 0 Å². The molecule has 0 saturated carbocycles. The maximum atomic E-state index is 5.77. The molecule has 6 nitrogen and oxygen atoms in total. The Morgan fingerprint density at radius 2 is 1.95 bits per heavy atom. The van der Waals surface area contributed by atoms with Crippen LogP contribution in [0.5, 0.6) is 0 Å². The molecule has 0 aliphatic carbocycles. The van der Waals surface area contributed by atoms with E-state index in [9.17, 15) is 0 Å². The van der Waals surface area contributed by atoms with Gasteiger partial charge in [0.1, 0.15) is 4.99 Å². The Hall–Kier alpha value is -1.31. The molecule has 7 heteroatoms. The Balaban J connectivity index is 2.39. The first-order valence-electron chi connectivity index (χ1n) is 7.02. The first-order chi connectivity index (χ1) is 10.1. The van der Waals surface area contributed by atoms with E-state index < -0.39 is 0 Å². The predicted octanol–water partition coefficient (Wildman–Crippen LogP) is 1.58. The van der Waals surface area contributed by atoms with Gasteiger partial charge in [-0.1, -0.05) is 12.2 Å². The number of hydrogen-bond acceptors (Lipinski definition) is 6. The third-order valence-corrected chi connectivity index (χ3v) is 3.34. The number of methoxy groups -OCH3 is 1. The van der Waals surface area contributed by atoms with Gasteiger partial charge in [-0.2, -0.15) is 5.10 Å². The number of ether oxygens (including phenoxy) is 2. The van der Waals surface area contributed by atoms with Crippen LogP contribution in [-0.4, -0.2) is 48.7 Å². The van der Waals surface area contributed by atoms with E-state index in [0.29, 0.717) is 24.0 Å². The lowest BCUT2D eigenvalue weighted by Gasteiger charge is -2.13. The van der Waals surface area contributed by atoms with Gasteiger partial charge < -0.3 is 20.5 Å². The van der Waals surface area contributed by atoms with Gasteiger partial charge in [-0.15, -0.1) is 5.10 Å². The third kappa shape index (κ3) is 5.91. The average Bonchev–Trinajstić information content (AvgIpc) is 2.45. The van der Waals surface area contributed by atoms with Gasteiger partial charge in [0, 0.05) is 20.3 Å². The molecular formula is C14H24N4O2S. The second kappa shape index (κ2) is 9.59. The van der Waals surface area contributed by atoms with Crippen LogP contribution in [0.2, 0.25) is 0 Å². The summed E-state index contributed by atoms with van der Waals surface area (Å²) in [6.45, 7) is 6.62. The van der Waals surface area contributed by atoms with E-state index in [2.05, 4.69) is 15.5 Å². The summed E-state index contributed by atoms with van der Waals surface area (Å²) < 4.78 is 10.3. The molecular weight excluding hydrogens is 288 g/mol. The summed E-state index contributed by atoms with van der Waals surface area (Å²) in [5.41, 5.74) is 8.38. The van der Waals surface area contributed by atoms with Crippen LogP contribution in [-0.2, 0) is 9.47 Å². The van der Waals surface area contributed by atoms with Crippen LogP contribution in [0.4, 0.5) is 5.82 Å². The van der Waals surface area contributed by atoms with Crippen molar-refractivity contribution < 1.29 is 9.47 Å². The van der Waals surface area contributed by atoms with Crippen molar-refractivity contribution in [2.75, 3.05) is 38.8 Å². The summed E-state index contributed by atoms with van der Waals surface area (Å²) >= 11 is 5.10. The molecule has 3 N–H and O–H groups in total. The van der Waals surface area contributed by atoms with Crippen molar-refractivity contribution in [1.29, 1.82) is 0 Å². The van der Waals surface area contributed by atoms with Crippen molar-refractivity contribution in [2.24, 2.45) is 5.73 Å². The Kier molecular flexibility index (Phi) is 8.11. The van der Waals surface area contributed by atoms with E-state index in [0.717, 1.165) is 42.8 Å². The number of unbranched alkanes of at least 4 members (excludes halogenated alkanes) is 1. The lowest BCUT2D eigenvalue weighted by molar-refractivity contribution is 0.0691. The number of nitrogens with zero attached hydrogens (tertiary/aromatic N) is 2. The molecule has 0 spiro atoms. The zero-order valence-electron chi connectivity index (χ0n) is 12.9. The van der Waals surface area contributed by atoms with Crippen molar-refractivity contribution >= 4 is 23.0 Å². The quantitative estimate of drug-likeness (QED) is 0.501. The second-order valence-corrected chi connectivity index (χ2v) is 5.18. The van der Waals surface area contributed by atoms with Crippen LogP contribution in [0.25, 0.3) is 0 Å². The minimum atomic E-state index is 0.343. The molecule has 1 heterocycles. The molecule has 0 radical (unpaired) electrons. The maximum absolute atomic E-state index is 5.77. The van der Waals surface area contributed by atoms with Crippen molar-refractivity contribution in [3.63, 3.8) is 0 Å². The van der Waals surface area contributed by atoms with Crippen molar-refractivity contribution in [3.8, 4) is 0 Å². The SMILES string of the molecule is COCCOCCCCNc1nnc(C)c(C)c1C(N)=S. The smallest absolute Gasteiger partial charge is 0.159 e. The Morgan fingerprint density at radius 3 is 2.62 bits per heavy atom. The number of rotatable bonds is 10. The minimum Gasteiger partial charge on any atom is -0.389 e. The molecule has 1 aromatic heterocycles. The number of hydrogen-bond donors (Lipinski definition) is 2. The lowest BCUT2D eigenvalue weighted by Crippen LogP contribution is -2.18. The molecule has 118 valence electrons. The summed E-state index contributed by atoms with van der Waals surface area (Å²) in [6, 6.07) is 0. The number of anilines is 1. The molecule has 0 bridgehead atoms. The maximum Gasteiger partial charge on any atom is 0.159 e. The van der Waals surface area contributed by atoms with Crippen molar-refractivity contribution in [2.45, 2.75) is 26.7 Å². The van der Waals surface area contributed by atoms with Gasteiger partial charge in [0.05, 0.1) is 24.5 Å². The molecule has 0 atom stereocenters. The van der Waals surface area contributed by atoms with Crippen LogP contribution in [0.3, 0.4) is 0 Å². The van der Waals surface area contributed by atoms with Crippen LogP contribution >= 0.6 is 12.2 Å². The fourth-order valence-corrected chi connectivity index (χ4v) is 2.06. The molecule has 0 fully saturated rings. The van der Waals surface area contributed by atoms with E-state index in [1.54, 1.807) is 7.11 Å². The van der Waals surface area contributed by atoms with Crippen molar-refractivity contribution in [3.05, 3.63) is 16.8 Å². The van der Waals surface area contributed by atoms with E-state index in [4.69, 9.17) is 27.4 Å². The Labute approximate surface area is 131 Å². The van der Waals surface area contributed by atoms with Gasteiger partial charge >= 0.3 is 0 Å². The summed E-state index contributed by atoms with van der Waals surface area (Å²) in [4.78, 5) is 0.343. The summed E-state index contributed by atoms with van der Waals surface area (Å²) in [5.74, 6) is 0.658. The molecule has 0 saturated heterocycles. The first kappa shape index (κ1) is 17.7. The highest BCUT2D eigenvalue weighted by Gasteiger charge is 2.12. The average molecular weight is 312 g/mol. The van der Waals surface area contributed by atoms with Crippen molar-refractivity contribution in [1.82, 2.24) is 10.2 Å². The summed E-state index contributed by atoms with van der Waals surface area (Å²) in [6.07, 6.45) is 1.94. The molecule has 1 aromatic rings. The lowest BCUT2D eigenvalue weighted by atomic mass is 10.1. The van der Waals surface area contributed by atoms with E-state index in [-0.39, 0.29) is 0 Å². The number of nitrogens with one attached hydrogen (secondary N) is 1. The fraction of sp³-hybridized carbons (Fsp3) is 0.643. The Morgan fingerprint density at radius 1 is 1.19 bits per heavy atom. The standard InChI is InChI=1S/C14H24N4O2S/c1-10-11(2)17-18-14(12(10)13(15)21)16-6-4-5-7-20-9-8-19-3/h4-9H2,1-3H3,(H2,15,21)(H,16,18). The minimum absolute atomic E-state index is 0.343. The molecule has 1 rings (SSSR count). The fourth-order valence-electron chi connectivity index (χ4n) is 1.81. The van der Waals surface area contributed by atoms with Gasteiger partial charge in [0.15, 0.2) is 5.82 Å². The van der Waals surface area contributed by atoms with Gasteiger partial charge in [-0.3, -0.25) is 0 Å². The molecule has 21 heavy (non-hydrogen) atoms. The third-order valence-electron chi connectivity index (χ3n) is 3.14. The zero-order valence-corrected chi connectivity index (χ0v) is 13.8. The summed E-state index contributed by atoms with van der Waals surface area (Å²) in [5, 5.41) is 11.5. The molecule has 0 aliphatic heterocycles. The first-order valence-corrected chi connectivity index (χ1v) is 7.43. The Bertz CT molecular complexity index is 469. The van der Waals surface area contributed by atoms with Gasteiger partial charge in [0.25, 0.3) is 0 Å². The van der Waals surface area contributed by atoms with E-state index >= 15 is 0 Å². The number of thiocarbonyl (C=S) groups is 1. The number of nitrogens with two attached hydrogens (primary N) is 1. The van der Waals surface area contributed by atoms with Crippen LogP contribution in [0, 0.1) is 13.8 Å². The van der Waals surface area contributed by atoms with Gasteiger partial charge in [-0.05, 0) is 32.3 Å². The van der Waals surface area contributed by atoms with E-state index in [1.807, 2.05) is 13.8 Å². The largest absolute Gasteiger partial charge is 0.389 e. The molecule has 0 aromatic carbocycles. The molecule has 0 amide bonds. The normalized spacial score (nSPS) is 10.6. The predicted molar refractivity (Wildman–Crippen MR) is 87.8 cm³/mol. The number of aryl methyl sites for hydroxylation is 1. The van der Waals surface area contributed by atoms with Crippen LogP contribution < -0.4 is 11.1 Å². The highest BCUT2D eigenvalue weighted by Crippen LogP contribution is 2.18. The van der Waals surface area contributed by atoms with Gasteiger partial charge in [0.2, 0.25) is 0 Å². The molecule has 0 unspecified atom stereocenters.